The fraction of sp³-hybridized carbons (Fsp3) is 0.353. The van der Waals surface area contributed by atoms with E-state index in [9.17, 15) is 4.39 Å². The Bertz CT molecular complexity index is 581. The predicted octanol–water partition coefficient (Wildman–Crippen LogP) is 3.93. The summed E-state index contributed by atoms with van der Waals surface area (Å²) in [7, 11) is 0. The van der Waals surface area contributed by atoms with Crippen LogP contribution in [0.5, 0.6) is 0 Å². The topological polar surface area (TPSA) is 24.9 Å². The van der Waals surface area contributed by atoms with Crippen molar-refractivity contribution in [1.82, 2.24) is 10.3 Å². The predicted molar refractivity (Wildman–Crippen MR) is 80.2 cm³/mol. The molecular formula is C17H21FN2. The Balaban J connectivity index is 2.38. The van der Waals surface area contributed by atoms with Gasteiger partial charge in [-0.15, -0.1) is 0 Å². The normalized spacial score (nSPS) is 12.4. The Kier molecular flexibility index (Phi) is 4.85. The van der Waals surface area contributed by atoms with Crippen molar-refractivity contribution in [3.63, 3.8) is 0 Å². The smallest absolute Gasteiger partial charge is 0.126 e. The van der Waals surface area contributed by atoms with Crippen LogP contribution >= 0.6 is 0 Å². The van der Waals surface area contributed by atoms with Gasteiger partial charge in [-0.2, -0.15) is 0 Å². The maximum Gasteiger partial charge on any atom is 0.126 e. The van der Waals surface area contributed by atoms with Gasteiger partial charge in [0, 0.05) is 5.69 Å². The first-order valence-corrected chi connectivity index (χ1v) is 7.04. The van der Waals surface area contributed by atoms with Crippen LogP contribution in [0.25, 0.3) is 0 Å². The molecule has 2 rings (SSSR count). The van der Waals surface area contributed by atoms with Gasteiger partial charge in [-0.05, 0) is 56.1 Å². The molecule has 0 spiro atoms. The van der Waals surface area contributed by atoms with Crippen LogP contribution in [0.3, 0.4) is 0 Å². The van der Waals surface area contributed by atoms with Crippen molar-refractivity contribution >= 4 is 0 Å². The minimum absolute atomic E-state index is 0.0649. The summed E-state index contributed by atoms with van der Waals surface area (Å²) in [6.45, 7) is 6.73. The summed E-state index contributed by atoms with van der Waals surface area (Å²) >= 11 is 0. The second-order valence-corrected chi connectivity index (χ2v) is 5.10. The number of pyridine rings is 1. The monoisotopic (exact) mass is 272 g/mol. The van der Waals surface area contributed by atoms with Gasteiger partial charge in [-0.25, -0.2) is 4.39 Å². The summed E-state index contributed by atoms with van der Waals surface area (Å²) < 4.78 is 13.8. The Morgan fingerprint density at radius 1 is 1.20 bits per heavy atom. The van der Waals surface area contributed by atoms with Gasteiger partial charge in [-0.3, -0.25) is 4.98 Å². The summed E-state index contributed by atoms with van der Waals surface area (Å²) in [6.07, 6.45) is 1.02. The van der Waals surface area contributed by atoms with E-state index in [0.29, 0.717) is 5.56 Å². The first-order chi connectivity index (χ1) is 9.61. The Morgan fingerprint density at radius 2 is 2.00 bits per heavy atom. The number of rotatable bonds is 5. The molecule has 1 unspecified atom stereocenters. The number of nitrogens with zero attached hydrogens (tertiary/aromatic N) is 1. The molecule has 0 bridgehead atoms. The molecule has 2 aromatic rings. The zero-order valence-electron chi connectivity index (χ0n) is 12.3. The maximum atomic E-state index is 13.8. The second kappa shape index (κ2) is 6.62. The third-order valence-electron chi connectivity index (χ3n) is 3.33. The van der Waals surface area contributed by atoms with E-state index in [2.05, 4.69) is 17.2 Å². The number of nitrogens with one attached hydrogen (secondary N) is 1. The van der Waals surface area contributed by atoms with Crippen molar-refractivity contribution in [3.8, 4) is 0 Å². The number of aryl methyl sites for hydroxylation is 2. The fourth-order valence-corrected chi connectivity index (χ4v) is 2.20. The van der Waals surface area contributed by atoms with Crippen LogP contribution in [0, 0.1) is 19.7 Å². The second-order valence-electron chi connectivity index (χ2n) is 5.10. The van der Waals surface area contributed by atoms with Gasteiger partial charge in [0.05, 0.1) is 11.7 Å². The highest BCUT2D eigenvalue weighted by atomic mass is 19.1. The number of benzene rings is 1. The number of halogens is 1. The average Bonchev–Trinajstić information content (AvgIpc) is 2.43. The SMILES string of the molecule is CCCNC(c1ccc(C)c(F)c1)c1cccc(C)n1. The molecule has 0 saturated heterocycles. The molecular weight excluding hydrogens is 251 g/mol. The van der Waals surface area contributed by atoms with Crippen LogP contribution in [0.4, 0.5) is 4.39 Å². The number of aromatic nitrogens is 1. The van der Waals surface area contributed by atoms with Crippen LogP contribution < -0.4 is 5.32 Å². The largest absolute Gasteiger partial charge is 0.305 e. The van der Waals surface area contributed by atoms with E-state index in [1.54, 1.807) is 13.0 Å². The van der Waals surface area contributed by atoms with E-state index in [-0.39, 0.29) is 11.9 Å². The van der Waals surface area contributed by atoms with Gasteiger partial charge < -0.3 is 5.32 Å². The van der Waals surface area contributed by atoms with Gasteiger partial charge in [-0.1, -0.05) is 25.1 Å². The molecule has 0 radical (unpaired) electrons. The standard InChI is InChI=1S/C17H21FN2/c1-4-10-19-17(16-7-5-6-13(3)20-16)14-9-8-12(2)15(18)11-14/h5-9,11,17,19H,4,10H2,1-3H3. The van der Waals surface area contributed by atoms with Crippen molar-refractivity contribution in [3.05, 3.63) is 64.7 Å². The Hall–Kier alpha value is -1.74. The molecule has 1 heterocycles. The molecule has 0 amide bonds. The van der Waals surface area contributed by atoms with Crippen molar-refractivity contribution in [2.24, 2.45) is 0 Å². The third-order valence-corrected chi connectivity index (χ3v) is 3.33. The lowest BCUT2D eigenvalue weighted by Crippen LogP contribution is -2.24. The van der Waals surface area contributed by atoms with Crippen molar-refractivity contribution in [2.75, 3.05) is 6.54 Å². The molecule has 1 N–H and O–H groups in total. The lowest BCUT2D eigenvalue weighted by molar-refractivity contribution is 0.573. The molecule has 20 heavy (non-hydrogen) atoms. The average molecular weight is 272 g/mol. The minimum atomic E-state index is -0.168. The lowest BCUT2D eigenvalue weighted by Gasteiger charge is -2.19. The first-order valence-electron chi connectivity index (χ1n) is 7.04. The van der Waals surface area contributed by atoms with Crippen molar-refractivity contribution in [2.45, 2.75) is 33.2 Å². The lowest BCUT2D eigenvalue weighted by atomic mass is 10.0. The Morgan fingerprint density at radius 3 is 2.65 bits per heavy atom. The van der Waals surface area contributed by atoms with Crippen LogP contribution in [0.15, 0.2) is 36.4 Å². The van der Waals surface area contributed by atoms with E-state index in [1.165, 1.54) is 0 Å². The van der Waals surface area contributed by atoms with Crippen LogP contribution in [-0.2, 0) is 0 Å². The van der Waals surface area contributed by atoms with E-state index >= 15 is 0 Å². The molecule has 1 aromatic carbocycles. The molecule has 2 nitrogen and oxygen atoms in total. The number of hydrogen-bond acceptors (Lipinski definition) is 2. The molecule has 106 valence electrons. The van der Waals surface area contributed by atoms with Gasteiger partial charge in [0.15, 0.2) is 0 Å². The van der Waals surface area contributed by atoms with Crippen LogP contribution in [0.1, 0.15) is 41.9 Å². The Labute approximate surface area is 120 Å². The van der Waals surface area contributed by atoms with E-state index in [4.69, 9.17) is 0 Å². The van der Waals surface area contributed by atoms with Gasteiger partial charge >= 0.3 is 0 Å². The summed E-state index contributed by atoms with van der Waals surface area (Å²) in [5.74, 6) is -0.168. The molecule has 0 aliphatic heterocycles. The molecule has 1 atom stereocenters. The molecule has 0 saturated carbocycles. The van der Waals surface area contributed by atoms with E-state index < -0.39 is 0 Å². The summed E-state index contributed by atoms with van der Waals surface area (Å²) in [5, 5.41) is 3.45. The zero-order chi connectivity index (χ0) is 14.5. The maximum absolute atomic E-state index is 13.8. The first kappa shape index (κ1) is 14.7. The molecule has 1 aromatic heterocycles. The summed E-state index contributed by atoms with van der Waals surface area (Å²) in [5.41, 5.74) is 3.49. The summed E-state index contributed by atoms with van der Waals surface area (Å²) in [6, 6.07) is 11.3. The fourth-order valence-electron chi connectivity index (χ4n) is 2.20. The van der Waals surface area contributed by atoms with Crippen molar-refractivity contribution < 1.29 is 4.39 Å². The van der Waals surface area contributed by atoms with Gasteiger partial charge in [0.1, 0.15) is 5.82 Å². The third kappa shape index (κ3) is 3.42. The zero-order valence-corrected chi connectivity index (χ0v) is 12.3. The van der Waals surface area contributed by atoms with Crippen LogP contribution in [0.2, 0.25) is 0 Å². The highest BCUT2D eigenvalue weighted by Crippen LogP contribution is 2.22. The highest BCUT2D eigenvalue weighted by molar-refractivity contribution is 5.31. The molecule has 0 fully saturated rings. The molecule has 0 aliphatic carbocycles. The van der Waals surface area contributed by atoms with Crippen molar-refractivity contribution in [1.29, 1.82) is 0 Å². The quantitative estimate of drug-likeness (QED) is 0.892. The van der Waals surface area contributed by atoms with Gasteiger partial charge in [0.25, 0.3) is 0 Å². The highest BCUT2D eigenvalue weighted by Gasteiger charge is 2.16. The van der Waals surface area contributed by atoms with E-state index in [0.717, 1.165) is 29.9 Å². The minimum Gasteiger partial charge on any atom is -0.305 e. The van der Waals surface area contributed by atoms with E-state index in [1.807, 2.05) is 37.3 Å². The number of hydrogen-bond donors (Lipinski definition) is 1. The van der Waals surface area contributed by atoms with Gasteiger partial charge in [0.2, 0.25) is 0 Å². The van der Waals surface area contributed by atoms with Crippen LogP contribution in [-0.4, -0.2) is 11.5 Å². The summed E-state index contributed by atoms with van der Waals surface area (Å²) in [4.78, 5) is 4.57. The molecule has 0 aliphatic rings. The molecule has 3 heteroatoms.